The van der Waals surface area contributed by atoms with Crippen LogP contribution in [0.15, 0.2) is 30.2 Å². The van der Waals surface area contributed by atoms with Crippen molar-refractivity contribution in [1.82, 2.24) is 0 Å². The summed E-state index contributed by atoms with van der Waals surface area (Å²) in [5, 5.41) is 18.3. The number of phenolic OH excluding ortho intramolecular Hbond substituents is 1. The zero-order valence-corrected chi connectivity index (χ0v) is 6.32. The highest BCUT2D eigenvalue weighted by molar-refractivity contribution is 5.48. The lowest BCUT2D eigenvalue weighted by Crippen LogP contribution is -2.03. The van der Waals surface area contributed by atoms with Gasteiger partial charge in [0.15, 0.2) is 11.5 Å². The van der Waals surface area contributed by atoms with Crippen molar-refractivity contribution in [3.05, 3.63) is 35.8 Å². The Balaban J connectivity index is 2.49. The molecule has 0 saturated heterocycles. The summed E-state index contributed by atoms with van der Waals surface area (Å²) in [6.45, 7) is 0. The van der Waals surface area contributed by atoms with E-state index in [2.05, 4.69) is 0 Å². The Morgan fingerprint density at radius 3 is 2.92 bits per heavy atom. The molecule has 0 unspecified atom stereocenters. The predicted molar refractivity (Wildman–Crippen MR) is 43.2 cm³/mol. The first-order valence-corrected chi connectivity index (χ1v) is 3.65. The second-order valence-corrected chi connectivity index (χ2v) is 2.61. The van der Waals surface area contributed by atoms with E-state index < -0.39 is 0 Å². The number of aromatic hydroxyl groups is 1. The van der Waals surface area contributed by atoms with Crippen LogP contribution >= 0.6 is 0 Å². The normalized spacial score (nSPS) is 14.5. The maximum Gasteiger partial charge on any atom is 0.278 e. The van der Waals surface area contributed by atoms with Gasteiger partial charge in [0.25, 0.3) is 5.95 Å². The van der Waals surface area contributed by atoms with Gasteiger partial charge in [-0.15, -0.1) is 0 Å². The Labute approximate surface area is 69.5 Å². The summed E-state index contributed by atoms with van der Waals surface area (Å²) in [5.74, 6) is 0.272. The standard InChI is InChI=1S/C9H8O3/c10-7-3-1-2-6-4-5-8(11)12-9(6)7/h1-3,5,10-11H,4H2. The van der Waals surface area contributed by atoms with Crippen LogP contribution in [0.5, 0.6) is 11.5 Å². The molecule has 0 atom stereocenters. The molecule has 3 heteroatoms. The van der Waals surface area contributed by atoms with Crippen molar-refractivity contribution in [2.45, 2.75) is 6.42 Å². The lowest BCUT2D eigenvalue weighted by molar-refractivity contribution is 0.195. The van der Waals surface area contributed by atoms with Crippen molar-refractivity contribution in [2.24, 2.45) is 0 Å². The van der Waals surface area contributed by atoms with Crippen LogP contribution in [0.2, 0.25) is 0 Å². The van der Waals surface area contributed by atoms with E-state index >= 15 is 0 Å². The van der Waals surface area contributed by atoms with Crippen LogP contribution in [0.1, 0.15) is 5.56 Å². The van der Waals surface area contributed by atoms with E-state index in [1.165, 1.54) is 6.07 Å². The molecule has 1 heterocycles. The molecule has 1 aromatic rings. The van der Waals surface area contributed by atoms with Crippen molar-refractivity contribution in [3.8, 4) is 11.5 Å². The highest BCUT2D eigenvalue weighted by Crippen LogP contribution is 2.34. The summed E-state index contributed by atoms with van der Waals surface area (Å²) in [6.07, 6.45) is 2.15. The van der Waals surface area contributed by atoms with Crippen LogP contribution in [-0.4, -0.2) is 10.2 Å². The molecule has 0 bridgehead atoms. The van der Waals surface area contributed by atoms with Crippen LogP contribution in [-0.2, 0) is 6.42 Å². The van der Waals surface area contributed by atoms with Crippen LogP contribution in [0.3, 0.4) is 0 Å². The van der Waals surface area contributed by atoms with Crippen molar-refractivity contribution in [2.75, 3.05) is 0 Å². The van der Waals surface area contributed by atoms with Crippen molar-refractivity contribution >= 4 is 0 Å². The topological polar surface area (TPSA) is 49.7 Å². The molecular formula is C9H8O3. The number of fused-ring (bicyclic) bond motifs is 1. The summed E-state index contributed by atoms with van der Waals surface area (Å²) in [6, 6.07) is 5.11. The Morgan fingerprint density at radius 2 is 2.08 bits per heavy atom. The largest absolute Gasteiger partial charge is 0.504 e. The molecule has 12 heavy (non-hydrogen) atoms. The van der Waals surface area contributed by atoms with Crippen molar-refractivity contribution in [3.63, 3.8) is 0 Å². The third-order valence-electron chi connectivity index (χ3n) is 1.78. The van der Waals surface area contributed by atoms with Gasteiger partial charge in [-0.05, 0) is 6.07 Å². The molecule has 3 nitrogen and oxygen atoms in total. The monoisotopic (exact) mass is 164 g/mol. The van der Waals surface area contributed by atoms with Gasteiger partial charge in [-0.1, -0.05) is 12.1 Å². The molecule has 0 saturated carbocycles. The molecule has 0 aromatic heterocycles. The van der Waals surface area contributed by atoms with E-state index in [1.807, 2.05) is 6.07 Å². The minimum absolute atomic E-state index is 0.0622. The minimum Gasteiger partial charge on any atom is -0.504 e. The average molecular weight is 164 g/mol. The molecule has 1 aliphatic rings. The van der Waals surface area contributed by atoms with Gasteiger partial charge in [-0.2, -0.15) is 0 Å². The van der Waals surface area contributed by atoms with E-state index in [0.29, 0.717) is 12.2 Å². The maximum atomic E-state index is 9.31. The molecule has 0 aliphatic carbocycles. The van der Waals surface area contributed by atoms with Crippen LogP contribution in [0, 0.1) is 0 Å². The number of hydrogen-bond acceptors (Lipinski definition) is 3. The van der Waals surface area contributed by atoms with Gasteiger partial charge in [-0.3, -0.25) is 0 Å². The predicted octanol–water partition coefficient (Wildman–Crippen LogP) is 1.73. The number of aliphatic hydroxyl groups excluding tert-OH is 1. The molecule has 0 spiro atoms. The summed E-state index contributed by atoms with van der Waals surface area (Å²) in [4.78, 5) is 0. The first-order valence-electron chi connectivity index (χ1n) is 3.65. The number of aliphatic hydroxyl groups is 1. The van der Waals surface area contributed by atoms with Gasteiger partial charge in [-0.25, -0.2) is 0 Å². The fraction of sp³-hybridized carbons (Fsp3) is 0.111. The maximum absolute atomic E-state index is 9.31. The van der Waals surface area contributed by atoms with Gasteiger partial charge < -0.3 is 14.9 Å². The molecule has 0 radical (unpaired) electrons. The van der Waals surface area contributed by atoms with Gasteiger partial charge in [0.2, 0.25) is 0 Å². The number of ether oxygens (including phenoxy) is 1. The van der Waals surface area contributed by atoms with E-state index in [4.69, 9.17) is 9.84 Å². The average Bonchev–Trinajstić information content (AvgIpc) is 2.07. The molecule has 2 rings (SSSR count). The Kier molecular flexibility index (Phi) is 1.43. The molecule has 1 aliphatic heterocycles. The fourth-order valence-electron chi connectivity index (χ4n) is 1.19. The summed E-state index contributed by atoms with van der Waals surface area (Å²) in [7, 11) is 0. The molecule has 0 fully saturated rings. The van der Waals surface area contributed by atoms with Crippen molar-refractivity contribution < 1.29 is 14.9 Å². The molecule has 2 N–H and O–H groups in total. The highest BCUT2D eigenvalue weighted by atomic mass is 16.6. The first kappa shape index (κ1) is 7.03. The second kappa shape index (κ2) is 2.44. The molecule has 0 amide bonds. The molecule has 62 valence electrons. The van der Waals surface area contributed by atoms with Gasteiger partial charge in [0.05, 0.1) is 0 Å². The third-order valence-corrected chi connectivity index (χ3v) is 1.78. The van der Waals surface area contributed by atoms with Crippen LogP contribution in [0.4, 0.5) is 0 Å². The highest BCUT2D eigenvalue weighted by Gasteiger charge is 2.14. The zero-order valence-electron chi connectivity index (χ0n) is 6.32. The van der Waals surface area contributed by atoms with Crippen molar-refractivity contribution in [1.29, 1.82) is 0 Å². The van der Waals surface area contributed by atoms with E-state index in [0.717, 1.165) is 5.56 Å². The summed E-state index contributed by atoms with van der Waals surface area (Å²) >= 11 is 0. The number of rotatable bonds is 0. The number of para-hydroxylation sites is 1. The van der Waals surface area contributed by atoms with Crippen LogP contribution < -0.4 is 4.74 Å². The Morgan fingerprint density at radius 1 is 1.25 bits per heavy atom. The lowest BCUT2D eigenvalue weighted by atomic mass is 10.1. The number of allylic oxidation sites excluding steroid dienone is 1. The second-order valence-electron chi connectivity index (χ2n) is 2.61. The quantitative estimate of drug-likeness (QED) is 0.613. The van der Waals surface area contributed by atoms with Gasteiger partial charge >= 0.3 is 0 Å². The smallest absolute Gasteiger partial charge is 0.278 e. The number of benzene rings is 1. The van der Waals surface area contributed by atoms with E-state index in [1.54, 1.807) is 12.1 Å². The van der Waals surface area contributed by atoms with Crippen LogP contribution in [0.25, 0.3) is 0 Å². The molecule has 1 aromatic carbocycles. The molecular weight excluding hydrogens is 156 g/mol. The summed E-state index contributed by atoms with van der Waals surface area (Å²) < 4.78 is 4.93. The van der Waals surface area contributed by atoms with Gasteiger partial charge in [0.1, 0.15) is 0 Å². The Hall–Kier alpha value is -1.64. The van der Waals surface area contributed by atoms with Gasteiger partial charge in [0, 0.05) is 18.1 Å². The lowest BCUT2D eigenvalue weighted by Gasteiger charge is -2.14. The first-order chi connectivity index (χ1) is 5.77. The van der Waals surface area contributed by atoms with E-state index in [9.17, 15) is 5.11 Å². The summed E-state index contributed by atoms with van der Waals surface area (Å²) in [5.41, 5.74) is 0.882. The SMILES string of the molecule is OC1=CCc2cccc(O)c2O1. The Bertz CT molecular complexity index is 342. The zero-order chi connectivity index (χ0) is 8.55. The number of hydrogen-bond donors (Lipinski definition) is 2. The minimum atomic E-state index is -0.149. The third kappa shape index (κ3) is 0.993. The van der Waals surface area contributed by atoms with E-state index in [-0.39, 0.29) is 11.7 Å². The fourth-order valence-corrected chi connectivity index (χ4v) is 1.19. The number of phenols is 1.